The van der Waals surface area contributed by atoms with E-state index < -0.39 is 0 Å². The van der Waals surface area contributed by atoms with Gasteiger partial charge in [0.15, 0.2) is 0 Å². The molecule has 0 saturated carbocycles. The number of likely N-dealkylation sites (tertiary alicyclic amines) is 1. The first kappa shape index (κ1) is 15.3. The van der Waals surface area contributed by atoms with Gasteiger partial charge in [-0.1, -0.05) is 30.3 Å². The Balaban J connectivity index is 1.57. The topological polar surface area (TPSA) is 46.1 Å². The van der Waals surface area contributed by atoms with Gasteiger partial charge in [0.2, 0.25) is 0 Å². The molecule has 0 radical (unpaired) electrons. The minimum Gasteiger partial charge on any atom is -0.299 e. The second-order valence-corrected chi connectivity index (χ2v) is 7.18. The lowest BCUT2D eigenvalue weighted by atomic mass is 9.90. The SMILES string of the molecule is Cc1nnc(CN2CCC[C@@H](C(=O)Cc3ccccc3)C2)s1. The molecule has 3 rings (SSSR count). The Labute approximate surface area is 135 Å². The van der Waals surface area contributed by atoms with Gasteiger partial charge in [0, 0.05) is 18.9 Å². The summed E-state index contributed by atoms with van der Waals surface area (Å²) in [7, 11) is 0. The Morgan fingerprint density at radius 1 is 1.32 bits per heavy atom. The highest BCUT2D eigenvalue weighted by Crippen LogP contribution is 2.21. The fourth-order valence-corrected chi connectivity index (χ4v) is 3.75. The third-order valence-electron chi connectivity index (χ3n) is 4.11. The van der Waals surface area contributed by atoms with Crippen molar-refractivity contribution in [3.8, 4) is 0 Å². The highest BCUT2D eigenvalue weighted by molar-refractivity contribution is 7.11. The summed E-state index contributed by atoms with van der Waals surface area (Å²) >= 11 is 1.64. The van der Waals surface area contributed by atoms with Crippen LogP contribution < -0.4 is 0 Å². The minimum absolute atomic E-state index is 0.156. The van der Waals surface area contributed by atoms with Gasteiger partial charge >= 0.3 is 0 Å². The number of aryl methyl sites for hydroxylation is 1. The van der Waals surface area contributed by atoms with E-state index in [1.165, 1.54) is 0 Å². The molecule has 1 fully saturated rings. The van der Waals surface area contributed by atoms with Crippen LogP contribution in [-0.2, 0) is 17.8 Å². The first-order valence-corrected chi connectivity index (χ1v) is 8.60. The standard InChI is InChI=1S/C17H21N3OS/c1-13-18-19-17(22-13)12-20-9-5-8-15(11-20)16(21)10-14-6-3-2-4-7-14/h2-4,6-7,15H,5,8-12H2,1H3/t15-/m1/s1. The number of Topliss-reactive ketones (excluding diaryl/α,β-unsaturated/α-hetero) is 1. The summed E-state index contributed by atoms with van der Waals surface area (Å²) in [5, 5.41) is 10.3. The Bertz CT molecular complexity index is 626. The summed E-state index contributed by atoms with van der Waals surface area (Å²) in [5.41, 5.74) is 1.12. The number of rotatable bonds is 5. The van der Waals surface area contributed by atoms with Gasteiger partial charge in [0.1, 0.15) is 15.8 Å². The lowest BCUT2D eigenvalue weighted by Crippen LogP contribution is -2.38. The van der Waals surface area contributed by atoms with Crippen molar-refractivity contribution >= 4 is 17.1 Å². The van der Waals surface area contributed by atoms with Crippen LogP contribution in [0.1, 0.15) is 28.4 Å². The molecule has 1 atom stereocenters. The molecular formula is C17H21N3OS. The molecule has 4 nitrogen and oxygen atoms in total. The van der Waals surface area contributed by atoms with Crippen molar-refractivity contribution in [2.75, 3.05) is 13.1 Å². The third-order valence-corrected chi connectivity index (χ3v) is 4.93. The molecule has 0 aliphatic carbocycles. The van der Waals surface area contributed by atoms with E-state index in [9.17, 15) is 4.79 Å². The van der Waals surface area contributed by atoms with Crippen LogP contribution in [0.5, 0.6) is 0 Å². The van der Waals surface area contributed by atoms with Crippen molar-refractivity contribution in [1.82, 2.24) is 15.1 Å². The van der Waals surface area contributed by atoms with E-state index in [1.807, 2.05) is 37.3 Å². The van der Waals surface area contributed by atoms with Crippen LogP contribution in [0.4, 0.5) is 0 Å². The molecule has 1 aliphatic rings. The van der Waals surface area contributed by atoms with Crippen molar-refractivity contribution in [1.29, 1.82) is 0 Å². The average molecular weight is 315 g/mol. The van der Waals surface area contributed by atoms with Crippen LogP contribution in [0.15, 0.2) is 30.3 Å². The molecule has 2 aromatic rings. The van der Waals surface area contributed by atoms with Gasteiger partial charge < -0.3 is 0 Å². The van der Waals surface area contributed by atoms with Crippen molar-refractivity contribution in [2.24, 2.45) is 5.92 Å². The molecule has 0 N–H and O–H groups in total. The van der Waals surface area contributed by atoms with Crippen LogP contribution in [0, 0.1) is 12.8 Å². The Morgan fingerprint density at radius 2 is 2.14 bits per heavy atom. The fourth-order valence-electron chi connectivity index (χ4n) is 3.00. The zero-order valence-corrected chi connectivity index (χ0v) is 13.7. The molecule has 1 aromatic heterocycles. The molecule has 116 valence electrons. The summed E-state index contributed by atoms with van der Waals surface area (Å²) < 4.78 is 0. The van der Waals surface area contributed by atoms with Crippen LogP contribution >= 0.6 is 11.3 Å². The summed E-state index contributed by atoms with van der Waals surface area (Å²) in [4.78, 5) is 14.9. The van der Waals surface area contributed by atoms with E-state index in [-0.39, 0.29) is 5.92 Å². The maximum absolute atomic E-state index is 12.5. The van der Waals surface area contributed by atoms with Gasteiger partial charge in [0.25, 0.3) is 0 Å². The van der Waals surface area contributed by atoms with E-state index in [1.54, 1.807) is 11.3 Å². The van der Waals surface area contributed by atoms with E-state index in [0.717, 1.165) is 48.1 Å². The molecule has 0 amide bonds. The zero-order chi connectivity index (χ0) is 15.4. The number of carbonyl (C=O) groups is 1. The second-order valence-electron chi connectivity index (χ2n) is 5.92. The molecule has 1 aromatic carbocycles. The number of benzene rings is 1. The summed E-state index contributed by atoms with van der Waals surface area (Å²) in [5.74, 6) is 0.521. The molecule has 2 heterocycles. The number of nitrogens with zero attached hydrogens (tertiary/aromatic N) is 3. The first-order chi connectivity index (χ1) is 10.7. The highest BCUT2D eigenvalue weighted by Gasteiger charge is 2.26. The Kier molecular flexibility index (Phi) is 4.95. The van der Waals surface area contributed by atoms with Crippen LogP contribution in [-0.4, -0.2) is 34.0 Å². The maximum Gasteiger partial charge on any atom is 0.141 e. The first-order valence-electron chi connectivity index (χ1n) is 7.78. The van der Waals surface area contributed by atoms with Crippen LogP contribution in [0.3, 0.4) is 0 Å². The van der Waals surface area contributed by atoms with Gasteiger partial charge in [-0.2, -0.15) is 0 Å². The smallest absolute Gasteiger partial charge is 0.141 e. The van der Waals surface area contributed by atoms with Crippen molar-refractivity contribution < 1.29 is 4.79 Å². The van der Waals surface area contributed by atoms with Crippen LogP contribution in [0.25, 0.3) is 0 Å². The van der Waals surface area contributed by atoms with E-state index in [4.69, 9.17) is 0 Å². The van der Waals surface area contributed by atoms with Crippen molar-refractivity contribution in [3.05, 3.63) is 45.9 Å². The van der Waals surface area contributed by atoms with Gasteiger partial charge in [0.05, 0.1) is 6.54 Å². The number of hydrogen-bond donors (Lipinski definition) is 0. The largest absolute Gasteiger partial charge is 0.299 e. The Hall–Kier alpha value is -1.59. The van der Waals surface area contributed by atoms with E-state index in [2.05, 4.69) is 15.1 Å². The molecule has 1 aliphatic heterocycles. The molecular weight excluding hydrogens is 294 g/mol. The van der Waals surface area contributed by atoms with E-state index >= 15 is 0 Å². The predicted octanol–water partition coefficient (Wildman–Crippen LogP) is 2.87. The van der Waals surface area contributed by atoms with E-state index in [0.29, 0.717) is 12.2 Å². The molecule has 0 spiro atoms. The zero-order valence-electron chi connectivity index (χ0n) is 12.9. The minimum atomic E-state index is 0.156. The highest BCUT2D eigenvalue weighted by atomic mass is 32.1. The summed E-state index contributed by atoms with van der Waals surface area (Å²) in [6.45, 7) is 4.70. The molecule has 0 unspecified atom stereocenters. The molecule has 5 heteroatoms. The van der Waals surface area contributed by atoms with Gasteiger partial charge in [-0.05, 0) is 31.9 Å². The number of carbonyl (C=O) groups excluding carboxylic acids is 1. The number of ketones is 1. The average Bonchev–Trinajstić information content (AvgIpc) is 2.93. The van der Waals surface area contributed by atoms with Gasteiger partial charge in [-0.3, -0.25) is 9.69 Å². The second kappa shape index (κ2) is 7.11. The van der Waals surface area contributed by atoms with Gasteiger partial charge in [-0.25, -0.2) is 0 Å². The molecule has 1 saturated heterocycles. The Morgan fingerprint density at radius 3 is 2.86 bits per heavy atom. The lowest BCUT2D eigenvalue weighted by molar-refractivity contribution is -0.123. The summed E-state index contributed by atoms with van der Waals surface area (Å²) in [6.07, 6.45) is 2.65. The normalized spacial score (nSPS) is 19.2. The maximum atomic E-state index is 12.5. The monoisotopic (exact) mass is 315 g/mol. The fraction of sp³-hybridized carbons (Fsp3) is 0.471. The molecule has 0 bridgehead atoms. The van der Waals surface area contributed by atoms with Crippen molar-refractivity contribution in [2.45, 2.75) is 32.7 Å². The number of hydrogen-bond acceptors (Lipinski definition) is 5. The quantitative estimate of drug-likeness (QED) is 0.851. The van der Waals surface area contributed by atoms with Crippen LogP contribution in [0.2, 0.25) is 0 Å². The lowest BCUT2D eigenvalue weighted by Gasteiger charge is -2.31. The van der Waals surface area contributed by atoms with Gasteiger partial charge in [-0.15, -0.1) is 21.5 Å². The number of aromatic nitrogens is 2. The predicted molar refractivity (Wildman–Crippen MR) is 87.8 cm³/mol. The van der Waals surface area contributed by atoms with Crippen molar-refractivity contribution in [3.63, 3.8) is 0 Å². The molecule has 22 heavy (non-hydrogen) atoms. The number of piperidine rings is 1. The third kappa shape index (κ3) is 3.99. The summed E-state index contributed by atoms with van der Waals surface area (Å²) in [6, 6.07) is 10.0.